The minimum Gasteiger partial charge on any atom is -0.285 e. The zero-order valence-corrected chi connectivity index (χ0v) is 6.05. The number of aryl methyl sites for hydroxylation is 1. The lowest BCUT2D eigenvalue weighted by Crippen LogP contribution is -2.05. The maximum atomic E-state index is 11.1. The summed E-state index contributed by atoms with van der Waals surface area (Å²) in [5.74, 6) is -0.726. The van der Waals surface area contributed by atoms with Crippen LogP contribution < -0.4 is 0 Å². The van der Waals surface area contributed by atoms with Gasteiger partial charge in [-0.05, 0) is 18.6 Å². The van der Waals surface area contributed by atoms with Crippen LogP contribution >= 0.6 is 0 Å². The molecule has 0 saturated heterocycles. The zero-order valence-electron chi connectivity index (χ0n) is 6.05. The average Bonchev–Trinajstić information content (AvgIpc) is 2.24. The van der Waals surface area contributed by atoms with Gasteiger partial charge in [0.25, 0.3) is 0 Å². The number of carbonyl (C=O) groups excluding carboxylic acids is 2. The molecule has 0 aromatic heterocycles. The Bertz CT molecular complexity index is 364. The third-order valence-corrected chi connectivity index (χ3v) is 1.95. The van der Waals surface area contributed by atoms with E-state index in [1.54, 1.807) is 18.2 Å². The highest BCUT2D eigenvalue weighted by atomic mass is 16.2. The van der Waals surface area contributed by atoms with Gasteiger partial charge in [0.15, 0.2) is 0 Å². The molecular formula is C9H6O2. The first-order valence-corrected chi connectivity index (χ1v) is 3.40. The Balaban J connectivity index is 2.77. The summed E-state index contributed by atoms with van der Waals surface area (Å²) in [4.78, 5) is 22.1. The Morgan fingerprint density at radius 2 is 1.82 bits per heavy atom. The van der Waals surface area contributed by atoms with Gasteiger partial charge in [-0.2, -0.15) is 0 Å². The van der Waals surface area contributed by atoms with Gasteiger partial charge in [0.2, 0.25) is 11.6 Å². The SMILES string of the molecule is Cc1ccc2cc1C(=O)C2=O. The van der Waals surface area contributed by atoms with Gasteiger partial charge in [0.1, 0.15) is 0 Å². The van der Waals surface area contributed by atoms with Crippen LogP contribution in [0.25, 0.3) is 0 Å². The Morgan fingerprint density at radius 3 is 2.45 bits per heavy atom. The molecule has 0 spiro atoms. The van der Waals surface area contributed by atoms with Gasteiger partial charge in [-0.25, -0.2) is 0 Å². The van der Waals surface area contributed by atoms with E-state index in [1.807, 2.05) is 6.92 Å². The molecule has 2 heteroatoms. The van der Waals surface area contributed by atoms with E-state index in [4.69, 9.17) is 0 Å². The number of rotatable bonds is 0. The fourth-order valence-electron chi connectivity index (χ4n) is 1.26. The van der Waals surface area contributed by atoms with Crippen LogP contribution in [0.2, 0.25) is 0 Å². The molecular weight excluding hydrogens is 140 g/mol. The lowest BCUT2D eigenvalue weighted by Gasteiger charge is -1.90. The fraction of sp³-hybridized carbons (Fsp3) is 0.111. The number of benzene rings is 1. The van der Waals surface area contributed by atoms with Gasteiger partial charge in [-0.3, -0.25) is 9.59 Å². The third kappa shape index (κ3) is 0.664. The van der Waals surface area contributed by atoms with Crippen LogP contribution in [0.3, 0.4) is 0 Å². The van der Waals surface area contributed by atoms with Crippen molar-refractivity contribution in [3.05, 3.63) is 34.9 Å². The van der Waals surface area contributed by atoms with E-state index in [1.165, 1.54) is 0 Å². The van der Waals surface area contributed by atoms with Crippen LogP contribution in [0.15, 0.2) is 18.2 Å². The van der Waals surface area contributed by atoms with Crippen molar-refractivity contribution in [1.82, 2.24) is 0 Å². The molecule has 0 aliphatic heterocycles. The van der Waals surface area contributed by atoms with Gasteiger partial charge >= 0.3 is 0 Å². The Labute approximate surface area is 63.8 Å². The number of Topliss-reactive ketones (excluding diaryl/α,β-unsaturated/α-hetero) is 2. The number of hydrogen-bond acceptors (Lipinski definition) is 2. The van der Waals surface area contributed by atoms with E-state index >= 15 is 0 Å². The second-order valence-electron chi connectivity index (χ2n) is 2.69. The lowest BCUT2D eigenvalue weighted by molar-refractivity contribution is 0.0825. The molecule has 1 aliphatic rings. The normalized spacial score (nSPS) is 14.3. The molecule has 1 aromatic carbocycles. The highest BCUT2D eigenvalue weighted by Gasteiger charge is 2.27. The van der Waals surface area contributed by atoms with Crippen molar-refractivity contribution in [3.8, 4) is 0 Å². The molecule has 0 saturated carbocycles. The maximum absolute atomic E-state index is 11.1. The second-order valence-corrected chi connectivity index (χ2v) is 2.69. The Kier molecular flexibility index (Phi) is 1.02. The lowest BCUT2D eigenvalue weighted by atomic mass is 10.1. The van der Waals surface area contributed by atoms with Crippen molar-refractivity contribution < 1.29 is 9.59 Å². The van der Waals surface area contributed by atoms with Crippen LogP contribution in [-0.4, -0.2) is 11.6 Å². The second kappa shape index (κ2) is 1.78. The van der Waals surface area contributed by atoms with Gasteiger partial charge in [0, 0.05) is 11.1 Å². The Hall–Kier alpha value is -1.44. The molecule has 1 aliphatic carbocycles. The molecule has 0 atom stereocenters. The van der Waals surface area contributed by atoms with Crippen molar-refractivity contribution in [1.29, 1.82) is 0 Å². The summed E-state index contributed by atoms with van der Waals surface area (Å²) >= 11 is 0. The largest absolute Gasteiger partial charge is 0.285 e. The van der Waals surface area contributed by atoms with E-state index in [0.717, 1.165) is 5.56 Å². The van der Waals surface area contributed by atoms with E-state index in [2.05, 4.69) is 0 Å². The third-order valence-electron chi connectivity index (χ3n) is 1.95. The van der Waals surface area contributed by atoms with E-state index in [9.17, 15) is 9.59 Å². The fourth-order valence-corrected chi connectivity index (χ4v) is 1.26. The molecule has 0 heterocycles. The first-order valence-electron chi connectivity index (χ1n) is 3.40. The van der Waals surface area contributed by atoms with Crippen LogP contribution in [0, 0.1) is 6.92 Å². The van der Waals surface area contributed by atoms with Gasteiger partial charge in [-0.15, -0.1) is 0 Å². The van der Waals surface area contributed by atoms with E-state index < -0.39 is 0 Å². The molecule has 1 aromatic rings. The molecule has 0 N–H and O–H groups in total. The number of hydrogen-bond donors (Lipinski definition) is 0. The maximum Gasteiger partial charge on any atom is 0.233 e. The minimum absolute atomic E-state index is 0.359. The summed E-state index contributed by atoms with van der Waals surface area (Å²) in [6.45, 7) is 1.83. The van der Waals surface area contributed by atoms with Crippen LogP contribution in [0.5, 0.6) is 0 Å². The first kappa shape index (κ1) is 6.28. The topological polar surface area (TPSA) is 34.1 Å². The van der Waals surface area contributed by atoms with E-state index in [-0.39, 0.29) is 11.6 Å². The standard InChI is InChI=1S/C9H6O2/c1-5-2-3-6-4-7(5)9(11)8(6)10/h2-4H,1H3. The molecule has 2 bridgehead atoms. The molecule has 11 heavy (non-hydrogen) atoms. The molecule has 0 unspecified atom stereocenters. The summed E-state index contributed by atoms with van der Waals surface area (Å²) in [7, 11) is 0. The van der Waals surface area contributed by atoms with Crippen molar-refractivity contribution in [3.63, 3.8) is 0 Å². The predicted molar refractivity (Wildman–Crippen MR) is 39.8 cm³/mol. The monoisotopic (exact) mass is 146 g/mol. The van der Waals surface area contributed by atoms with Crippen LogP contribution in [0.1, 0.15) is 26.3 Å². The van der Waals surface area contributed by atoms with Gasteiger partial charge in [0.05, 0.1) is 0 Å². The predicted octanol–water partition coefficient (Wildman–Crippen LogP) is 1.37. The quantitative estimate of drug-likeness (QED) is 0.518. The van der Waals surface area contributed by atoms with Crippen molar-refractivity contribution in [2.45, 2.75) is 6.92 Å². The van der Waals surface area contributed by atoms with Gasteiger partial charge < -0.3 is 0 Å². The molecule has 0 radical (unpaired) electrons. The summed E-state index contributed by atoms with van der Waals surface area (Å²) in [6, 6.07) is 5.14. The molecule has 54 valence electrons. The highest BCUT2D eigenvalue weighted by Crippen LogP contribution is 2.20. The first-order chi connectivity index (χ1) is 5.20. The number of carbonyl (C=O) groups is 2. The van der Waals surface area contributed by atoms with Gasteiger partial charge in [-0.1, -0.05) is 12.1 Å². The van der Waals surface area contributed by atoms with E-state index in [0.29, 0.717) is 11.1 Å². The number of fused-ring (bicyclic) bond motifs is 2. The molecule has 2 rings (SSSR count). The molecule has 0 amide bonds. The van der Waals surface area contributed by atoms with Crippen LogP contribution in [0.4, 0.5) is 0 Å². The summed E-state index contributed by atoms with van der Waals surface area (Å²) in [5.41, 5.74) is 1.97. The average molecular weight is 146 g/mol. The van der Waals surface area contributed by atoms with Crippen molar-refractivity contribution in [2.75, 3.05) is 0 Å². The molecule has 2 nitrogen and oxygen atoms in total. The highest BCUT2D eigenvalue weighted by molar-refractivity contribution is 6.52. The van der Waals surface area contributed by atoms with Crippen molar-refractivity contribution in [2.24, 2.45) is 0 Å². The number of ketones is 2. The summed E-state index contributed by atoms with van der Waals surface area (Å²) in [5, 5.41) is 0. The van der Waals surface area contributed by atoms with Crippen molar-refractivity contribution >= 4 is 11.6 Å². The Morgan fingerprint density at radius 1 is 1.09 bits per heavy atom. The summed E-state index contributed by atoms with van der Waals surface area (Å²) in [6.07, 6.45) is 0. The summed E-state index contributed by atoms with van der Waals surface area (Å²) < 4.78 is 0. The molecule has 0 fully saturated rings. The van der Waals surface area contributed by atoms with Crippen LogP contribution in [-0.2, 0) is 0 Å². The smallest absolute Gasteiger partial charge is 0.233 e. The zero-order chi connectivity index (χ0) is 8.01. The minimum atomic E-state index is -0.367.